The van der Waals surface area contributed by atoms with Crippen molar-refractivity contribution in [3.63, 3.8) is 0 Å². The van der Waals surface area contributed by atoms with Crippen molar-refractivity contribution >= 4 is 40.8 Å². The van der Waals surface area contributed by atoms with Gasteiger partial charge in [0.2, 0.25) is 0 Å². The molecule has 0 heterocycles. The second-order valence-corrected chi connectivity index (χ2v) is 6.13. The highest BCUT2D eigenvalue weighted by Gasteiger charge is 2.21. The van der Waals surface area contributed by atoms with Gasteiger partial charge in [0.25, 0.3) is 5.91 Å². The van der Waals surface area contributed by atoms with E-state index in [0.717, 1.165) is 5.56 Å². The first-order valence-electron chi connectivity index (χ1n) is 7.44. The number of nitrogens with one attached hydrogen (secondary N) is 1. The van der Waals surface area contributed by atoms with Gasteiger partial charge in [-0.25, -0.2) is 4.79 Å². The summed E-state index contributed by atoms with van der Waals surface area (Å²) in [7, 11) is 1.51. The summed E-state index contributed by atoms with van der Waals surface area (Å²) in [6.45, 7) is 3.32. The minimum atomic E-state index is -1.04. The van der Waals surface area contributed by atoms with E-state index in [9.17, 15) is 9.59 Å². The standard InChI is InChI=1S/C18H17Cl2NO4/c1-10-7-8-12(9-15(10)24-3)18(23)25-11(2)17(22)21-16-13(19)5-4-6-14(16)20/h4-9,11H,1-3H3,(H,21,22)/t11-/m1/s1. The molecule has 0 aromatic heterocycles. The summed E-state index contributed by atoms with van der Waals surface area (Å²) in [5.41, 5.74) is 1.45. The third-order valence-corrected chi connectivity index (χ3v) is 4.14. The van der Waals surface area contributed by atoms with Gasteiger partial charge in [-0.2, -0.15) is 0 Å². The molecule has 0 unspecified atom stereocenters. The fourth-order valence-corrected chi connectivity index (χ4v) is 2.56. The maximum Gasteiger partial charge on any atom is 0.339 e. The molecule has 0 saturated carbocycles. The van der Waals surface area contributed by atoms with Crippen molar-refractivity contribution in [3.05, 3.63) is 57.6 Å². The summed E-state index contributed by atoms with van der Waals surface area (Å²) < 4.78 is 10.4. The number of carbonyl (C=O) groups is 2. The Balaban J connectivity index is 2.07. The molecule has 1 N–H and O–H groups in total. The minimum Gasteiger partial charge on any atom is -0.496 e. The normalized spacial score (nSPS) is 11.6. The Morgan fingerprint density at radius 2 is 1.76 bits per heavy atom. The van der Waals surface area contributed by atoms with E-state index in [0.29, 0.717) is 15.8 Å². The summed E-state index contributed by atoms with van der Waals surface area (Å²) in [5, 5.41) is 3.15. The average molecular weight is 382 g/mol. The lowest BCUT2D eigenvalue weighted by Gasteiger charge is -2.15. The second-order valence-electron chi connectivity index (χ2n) is 5.32. The lowest BCUT2D eigenvalue weighted by Crippen LogP contribution is -2.30. The third-order valence-electron chi connectivity index (χ3n) is 3.51. The molecular weight excluding hydrogens is 365 g/mol. The Bertz CT molecular complexity index is 787. The lowest BCUT2D eigenvalue weighted by molar-refractivity contribution is -0.123. The van der Waals surface area contributed by atoms with Crippen LogP contribution >= 0.6 is 23.2 Å². The van der Waals surface area contributed by atoms with E-state index in [2.05, 4.69) is 5.32 Å². The first-order valence-corrected chi connectivity index (χ1v) is 8.19. The van der Waals surface area contributed by atoms with Gasteiger partial charge >= 0.3 is 5.97 Å². The van der Waals surface area contributed by atoms with Gasteiger partial charge in [-0.05, 0) is 43.7 Å². The summed E-state index contributed by atoms with van der Waals surface area (Å²) in [4.78, 5) is 24.4. The number of rotatable bonds is 5. The number of esters is 1. The number of benzene rings is 2. The highest BCUT2D eigenvalue weighted by atomic mass is 35.5. The number of halogens is 2. The molecular formula is C18H17Cl2NO4. The maximum absolute atomic E-state index is 12.2. The summed E-state index contributed by atoms with van der Waals surface area (Å²) >= 11 is 12.0. The second kappa shape index (κ2) is 8.23. The molecule has 0 radical (unpaired) electrons. The van der Waals surface area contributed by atoms with E-state index in [-0.39, 0.29) is 11.3 Å². The van der Waals surface area contributed by atoms with Gasteiger partial charge in [-0.3, -0.25) is 4.79 Å². The molecule has 0 aliphatic heterocycles. The molecule has 7 heteroatoms. The topological polar surface area (TPSA) is 64.6 Å². The van der Waals surface area contributed by atoms with Crippen LogP contribution in [0.5, 0.6) is 5.75 Å². The number of methoxy groups -OCH3 is 1. The van der Waals surface area contributed by atoms with Crippen LogP contribution in [0.25, 0.3) is 0 Å². The molecule has 1 amide bonds. The highest BCUT2D eigenvalue weighted by molar-refractivity contribution is 6.39. The Kier molecular flexibility index (Phi) is 6.28. The molecule has 132 valence electrons. The fourth-order valence-electron chi connectivity index (χ4n) is 2.07. The number of hydrogen-bond donors (Lipinski definition) is 1. The molecule has 0 aliphatic rings. The van der Waals surface area contributed by atoms with Crippen LogP contribution in [0.3, 0.4) is 0 Å². The fraction of sp³-hybridized carbons (Fsp3) is 0.222. The van der Waals surface area contributed by atoms with Crippen molar-refractivity contribution in [2.45, 2.75) is 20.0 Å². The molecule has 5 nitrogen and oxygen atoms in total. The monoisotopic (exact) mass is 381 g/mol. The van der Waals surface area contributed by atoms with Crippen LogP contribution < -0.4 is 10.1 Å². The van der Waals surface area contributed by atoms with E-state index in [4.69, 9.17) is 32.7 Å². The quantitative estimate of drug-likeness (QED) is 0.774. The number of amides is 1. The zero-order valence-electron chi connectivity index (χ0n) is 13.9. The van der Waals surface area contributed by atoms with Crippen LogP contribution in [0.15, 0.2) is 36.4 Å². The van der Waals surface area contributed by atoms with E-state index >= 15 is 0 Å². The van der Waals surface area contributed by atoms with Crippen LogP contribution in [0.2, 0.25) is 10.0 Å². The van der Waals surface area contributed by atoms with Gasteiger partial charge in [-0.15, -0.1) is 0 Å². The van der Waals surface area contributed by atoms with Crippen molar-refractivity contribution in [2.75, 3.05) is 12.4 Å². The summed E-state index contributed by atoms with van der Waals surface area (Å²) in [6, 6.07) is 9.76. The van der Waals surface area contributed by atoms with Gasteiger partial charge in [0.1, 0.15) is 5.75 Å². The first kappa shape index (κ1) is 19.1. The number of hydrogen-bond acceptors (Lipinski definition) is 4. The van der Waals surface area contributed by atoms with Crippen LogP contribution in [0, 0.1) is 6.92 Å². The Labute approximate surface area is 155 Å². The van der Waals surface area contributed by atoms with Crippen LogP contribution in [0.1, 0.15) is 22.8 Å². The van der Waals surface area contributed by atoms with Crippen molar-refractivity contribution in [2.24, 2.45) is 0 Å². The van der Waals surface area contributed by atoms with Crippen LogP contribution in [-0.4, -0.2) is 25.1 Å². The number of anilines is 1. The van der Waals surface area contributed by atoms with Crippen LogP contribution in [-0.2, 0) is 9.53 Å². The number of para-hydroxylation sites is 1. The Morgan fingerprint density at radius 3 is 2.36 bits per heavy atom. The Morgan fingerprint density at radius 1 is 1.12 bits per heavy atom. The molecule has 25 heavy (non-hydrogen) atoms. The molecule has 0 bridgehead atoms. The molecule has 2 aromatic carbocycles. The molecule has 0 fully saturated rings. The predicted molar refractivity (Wildman–Crippen MR) is 97.7 cm³/mol. The molecule has 0 aliphatic carbocycles. The van der Waals surface area contributed by atoms with Gasteiger partial charge in [0, 0.05) is 0 Å². The molecule has 1 atom stereocenters. The van der Waals surface area contributed by atoms with Gasteiger partial charge < -0.3 is 14.8 Å². The molecule has 2 rings (SSSR count). The SMILES string of the molecule is COc1cc(C(=O)O[C@H](C)C(=O)Nc2c(Cl)cccc2Cl)ccc1C. The van der Waals surface area contributed by atoms with Crippen molar-refractivity contribution in [1.29, 1.82) is 0 Å². The third kappa shape index (κ3) is 4.65. The van der Waals surface area contributed by atoms with Gasteiger partial charge in [-0.1, -0.05) is 35.3 Å². The van der Waals surface area contributed by atoms with Gasteiger partial charge in [0.15, 0.2) is 6.10 Å². The Hall–Kier alpha value is -2.24. The van der Waals surface area contributed by atoms with E-state index in [1.54, 1.807) is 36.4 Å². The largest absolute Gasteiger partial charge is 0.496 e. The van der Waals surface area contributed by atoms with Crippen molar-refractivity contribution < 1.29 is 19.1 Å². The highest BCUT2D eigenvalue weighted by Crippen LogP contribution is 2.30. The zero-order chi connectivity index (χ0) is 18.6. The number of aryl methyl sites for hydroxylation is 1. The smallest absolute Gasteiger partial charge is 0.339 e. The molecule has 0 spiro atoms. The maximum atomic E-state index is 12.2. The van der Waals surface area contributed by atoms with E-state index < -0.39 is 18.0 Å². The van der Waals surface area contributed by atoms with Crippen LogP contribution in [0.4, 0.5) is 5.69 Å². The molecule has 0 saturated heterocycles. The summed E-state index contributed by atoms with van der Waals surface area (Å²) in [5.74, 6) is -0.608. The molecule has 2 aromatic rings. The predicted octanol–water partition coefficient (Wildman–Crippen LogP) is 4.49. The van der Waals surface area contributed by atoms with Crippen molar-refractivity contribution in [3.8, 4) is 5.75 Å². The lowest BCUT2D eigenvalue weighted by atomic mass is 10.1. The minimum absolute atomic E-state index is 0.274. The summed E-state index contributed by atoms with van der Waals surface area (Å²) in [6.07, 6.45) is -1.04. The zero-order valence-corrected chi connectivity index (χ0v) is 15.4. The number of carbonyl (C=O) groups excluding carboxylic acids is 2. The number of ether oxygens (including phenoxy) is 2. The first-order chi connectivity index (χ1) is 11.8. The van der Waals surface area contributed by atoms with Gasteiger partial charge in [0.05, 0.1) is 28.4 Å². The van der Waals surface area contributed by atoms with E-state index in [1.165, 1.54) is 14.0 Å². The van der Waals surface area contributed by atoms with E-state index in [1.807, 2.05) is 6.92 Å². The average Bonchev–Trinajstić information content (AvgIpc) is 2.58. The van der Waals surface area contributed by atoms with Crippen molar-refractivity contribution in [1.82, 2.24) is 0 Å².